The van der Waals surface area contributed by atoms with E-state index in [1.54, 1.807) is 0 Å². The summed E-state index contributed by atoms with van der Waals surface area (Å²) in [7, 11) is 0. The number of rotatable bonds is 5. The minimum atomic E-state index is -0.453. The van der Waals surface area contributed by atoms with Crippen molar-refractivity contribution in [3.05, 3.63) is 192 Å². The van der Waals surface area contributed by atoms with Gasteiger partial charge < -0.3 is 0 Å². The van der Waals surface area contributed by atoms with Gasteiger partial charge in [0.25, 0.3) is 0 Å². The van der Waals surface area contributed by atoms with Crippen LogP contribution in [0.3, 0.4) is 0 Å². The topological polar surface area (TPSA) is 38.7 Å². The van der Waals surface area contributed by atoms with E-state index in [1.165, 1.54) is 44.2 Å². The van der Waals surface area contributed by atoms with Crippen LogP contribution in [0.15, 0.2) is 169 Å². The predicted octanol–water partition coefficient (Wildman–Crippen LogP) is 11.5. The Labute approximate surface area is 288 Å². The first kappa shape index (κ1) is 30.4. The van der Waals surface area contributed by atoms with Crippen LogP contribution in [0.2, 0.25) is 0 Å². The molecule has 0 bridgehead atoms. The Morgan fingerprint density at radius 3 is 1.55 bits per heavy atom. The summed E-state index contributed by atoms with van der Waals surface area (Å²) < 4.78 is 0. The highest BCUT2D eigenvalue weighted by Crippen LogP contribution is 2.60. The van der Waals surface area contributed by atoms with Crippen LogP contribution >= 0.6 is 0 Å². The van der Waals surface area contributed by atoms with Crippen molar-refractivity contribution < 1.29 is 0 Å². The molecule has 0 N–H and O–H groups in total. The zero-order valence-electron chi connectivity index (χ0n) is 27.8. The van der Waals surface area contributed by atoms with Crippen LogP contribution in [0.1, 0.15) is 48.9 Å². The van der Waals surface area contributed by atoms with E-state index >= 15 is 0 Å². The summed E-state index contributed by atoms with van der Waals surface area (Å²) in [5.41, 5.74) is 10.4. The van der Waals surface area contributed by atoms with Crippen LogP contribution in [0.4, 0.5) is 0 Å². The quantitative estimate of drug-likeness (QED) is 0.190. The van der Waals surface area contributed by atoms with Crippen molar-refractivity contribution in [3.63, 3.8) is 0 Å². The molecule has 0 saturated carbocycles. The molecule has 9 rings (SSSR count). The molecule has 1 atom stereocenters. The number of benzene rings is 6. The second-order valence-electron chi connectivity index (χ2n) is 12.3. The lowest BCUT2D eigenvalue weighted by molar-refractivity contribution is 0.765. The van der Waals surface area contributed by atoms with E-state index in [4.69, 9.17) is 15.0 Å². The van der Waals surface area contributed by atoms with Gasteiger partial charge in [0.2, 0.25) is 0 Å². The van der Waals surface area contributed by atoms with E-state index in [9.17, 15) is 0 Å². The maximum Gasteiger partial charge on any atom is 0.164 e. The van der Waals surface area contributed by atoms with E-state index < -0.39 is 5.41 Å². The highest BCUT2D eigenvalue weighted by molar-refractivity contribution is 6.03. The van der Waals surface area contributed by atoms with Gasteiger partial charge in [0, 0.05) is 16.7 Å². The molecule has 0 radical (unpaired) electrons. The zero-order chi connectivity index (χ0) is 33.2. The number of hydrogen-bond donors (Lipinski definition) is 0. The van der Waals surface area contributed by atoms with Crippen LogP contribution in [0.5, 0.6) is 0 Å². The van der Waals surface area contributed by atoms with Crippen molar-refractivity contribution in [2.45, 2.75) is 32.1 Å². The van der Waals surface area contributed by atoms with Crippen LogP contribution < -0.4 is 0 Å². The third-order valence-corrected chi connectivity index (χ3v) is 9.63. The van der Waals surface area contributed by atoms with Gasteiger partial charge >= 0.3 is 0 Å². The smallest absolute Gasteiger partial charge is 0.164 e. The first-order chi connectivity index (χ1) is 24.3. The van der Waals surface area contributed by atoms with E-state index in [-0.39, 0.29) is 0 Å². The Kier molecular flexibility index (Phi) is 8.03. The summed E-state index contributed by atoms with van der Waals surface area (Å²) in [6.45, 7) is 4.00. The molecule has 0 saturated heterocycles. The Morgan fingerprint density at radius 2 is 0.939 bits per heavy atom. The molecular formula is C46H37N3. The fourth-order valence-corrected chi connectivity index (χ4v) is 7.58. The Balaban J connectivity index is 0.00000171. The summed E-state index contributed by atoms with van der Waals surface area (Å²) in [5, 5.41) is 2.56. The van der Waals surface area contributed by atoms with Crippen LogP contribution in [0, 0.1) is 0 Å². The number of hydrogen-bond acceptors (Lipinski definition) is 3. The average molecular weight is 632 g/mol. The summed E-state index contributed by atoms with van der Waals surface area (Å²) in [6, 6.07) is 53.7. The van der Waals surface area contributed by atoms with Crippen LogP contribution in [-0.4, -0.2) is 15.0 Å². The SMILES string of the molecule is C1=C2C(=CCC1)C(c1ccccc1)(c1ccc(-c3nc(-c4ccccc4)nc(-c4ccccc4)n3)cc1)c1c2ccc2ccccc12.CC. The molecule has 236 valence electrons. The molecule has 3 nitrogen and oxygen atoms in total. The van der Waals surface area contributed by atoms with E-state index in [2.05, 4.69) is 103 Å². The predicted molar refractivity (Wildman–Crippen MR) is 203 cm³/mol. The summed E-state index contributed by atoms with van der Waals surface area (Å²) in [5.74, 6) is 1.99. The molecule has 2 aliphatic carbocycles. The Bertz CT molecular complexity index is 2270. The number of allylic oxidation sites excluding steroid dienone is 4. The maximum atomic E-state index is 5.00. The minimum absolute atomic E-state index is 0.453. The summed E-state index contributed by atoms with van der Waals surface area (Å²) in [4.78, 5) is 14.9. The monoisotopic (exact) mass is 631 g/mol. The number of fused-ring (bicyclic) bond motifs is 5. The van der Waals surface area contributed by atoms with Crippen molar-refractivity contribution >= 4 is 16.3 Å². The molecule has 2 aliphatic rings. The van der Waals surface area contributed by atoms with E-state index in [1.807, 2.05) is 74.5 Å². The van der Waals surface area contributed by atoms with Gasteiger partial charge in [0.1, 0.15) is 0 Å². The normalized spacial score (nSPS) is 16.1. The number of nitrogens with zero attached hydrogens (tertiary/aromatic N) is 3. The van der Waals surface area contributed by atoms with E-state index in [0.717, 1.165) is 29.5 Å². The minimum Gasteiger partial charge on any atom is -0.208 e. The van der Waals surface area contributed by atoms with Gasteiger partial charge in [-0.2, -0.15) is 0 Å². The first-order valence-corrected chi connectivity index (χ1v) is 17.3. The van der Waals surface area contributed by atoms with Gasteiger partial charge in [-0.15, -0.1) is 0 Å². The highest BCUT2D eigenvalue weighted by atomic mass is 15.0. The van der Waals surface area contributed by atoms with Gasteiger partial charge in [-0.3, -0.25) is 0 Å². The summed E-state index contributed by atoms with van der Waals surface area (Å²) in [6.07, 6.45) is 7.02. The lowest BCUT2D eigenvalue weighted by Gasteiger charge is -2.35. The highest BCUT2D eigenvalue weighted by Gasteiger charge is 2.49. The van der Waals surface area contributed by atoms with Gasteiger partial charge in [0.05, 0.1) is 5.41 Å². The maximum absolute atomic E-state index is 5.00. The van der Waals surface area contributed by atoms with Gasteiger partial charge in [-0.05, 0) is 57.0 Å². The average Bonchev–Trinajstić information content (AvgIpc) is 3.51. The molecule has 1 aromatic heterocycles. The lowest BCUT2D eigenvalue weighted by atomic mass is 9.66. The largest absolute Gasteiger partial charge is 0.208 e. The second-order valence-corrected chi connectivity index (χ2v) is 12.3. The second kappa shape index (κ2) is 12.9. The zero-order valence-corrected chi connectivity index (χ0v) is 27.8. The fraction of sp³-hybridized carbons (Fsp3) is 0.109. The molecule has 0 amide bonds. The molecule has 7 aromatic rings. The molecule has 3 heteroatoms. The third kappa shape index (κ3) is 5.10. The molecule has 0 aliphatic heterocycles. The van der Waals surface area contributed by atoms with Crippen LogP contribution in [-0.2, 0) is 5.41 Å². The van der Waals surface area contributed by atoms with Crippen molar-refractivity contribution in [2.24, 2.45) is 0 Å². The number of aromatic nitrogens is 3. The molecule has 1 unspecified atom stereocenters. The molecular weight excluding hydrogens is 595 g/mol. The van der Waals surface area contributed by atoms with Crippen molar-refractivity contribution in [3.8, 4) is 34.2 Å². The Hall–Kier alpha value is -5.93. The molecule has 0 spiro atoms. The Morgan fingerprint density at radius 1 is 0.449 bits per heavy atom. The van der Waals surface area contributed by atoms with Gasteiger partial charge in [-0.25, -0.2) is 15.0 Å². The van der Waals surface area contributed by atoms with Crippen molar-refractivity contribution in [2.75, 3.05) is 0 Å². The van der Waals surface area contributed by atoms with Gasteiger partial charge in [0.15, 0.2) is 17.5 Å². The summed E-state index contributed by atoms with van der Waals surface area (Å²) >= 11 is 0. The van der Waals surface area contributed by atoms with Crippen LogP contribution in [0.25, 0.3) is 50.5 Å². The van der Waals surface area contributed by atoms with Crippen molar-refractivity contribution in [1.29, 1.82) is 0 Å². The molecule has 1 heterocycles. The van der Waals surface area contributed by atoms with Gasteiger partial charge in [-0.1, -0.05) is 178 Å². The third-order valence-electron chi connectivity index (χ3n) is 9.63. The standard InChI is InChI=1S/C44H31N3.C2H6/c1-4-15-31(16-5-1)41-45-42(32-17-6-2-7-18-32)47-43(46-41)33-24-27-35(28-25-33)44(34-19-8-3-9-20-34)39-23-13-12-22-37(39)38-29-26-30-14-10-11-21-36(30)40(38)44;1-2/h1-11,14-29H,12-13H2;1-2H3. The van der Waals surface area contributed by atoms with E-state index in [0.29, 0.717) is 17.5 Å². The molecule has 6 aromatic carbocycles. The molecule has 49 heavy (non-hydrogen) atoms. The molecule has 0 fully saturated rings. The first-order valence-electron chi connectivity index (χ1n) is 17.3. The van der Waals surface area contributed by atoms with Crippen molar-refractivity contribution in [1.82, 2.24) is 15.0 Å². The fourth-order valence-electron chi connectivity index (χ4n) is 7.58. The lowest BCUT2D eigenvalue weighted by Crippen LogP contribution is -2.29.